The first-order valence-electron chi connectivity index (χ1n) is 9.80. The summed E-state index contributed by atoms with van der Waals surface area (Å²) < 4.78 is 27.4. The molecule has 1 fully saturated rings. The Balaban J connectivity index is 1.38. The lowest BCUT2D eigenvalue weighted by atomic mass is 10.1. The maximum atomic E-state index is 12.8. The van der Waals surface area contributed by atoms with E-state index in [2.05, 4.69) is 21.8 Å². The summed E-state index contributed by atoms with van der Waals surface area (Å²) in [5, 5.41) is 0. The smallest absolute Gasteiger partial charge is 0.261 e. The van der Waals surface area contributed by atoms with E-state index in [1.54, 1.807) is 42.5 Å². The van der Waals surface area contributed by atoms with Crippen molar-refractivity contribution >= 4 is 27.3 Å². The van der Waals surface area contributed by atoms with Crippen LogP contribution in [0.2, 0.25) is 0 Å². The number of amides is 1. The summed E-state index contributed by atoms with van der Waals surface area (Å²) >= 11 is 0. The van der Waals surface area contributed by atoms with Gasteiger partial charge in [-0.25, -0.2) is 8.42 Å². The van der Waals surface area contributed by atoms with Crippen molar-refractivity contribution < 1.29 is 13.2 Å². The molecule has 0 unspecified atom stereocenters. The van der Waals surface area contributed by atoms with Crippen LogP contribution in [0, 0.1) is 0 Å². The van der Waals surface area contributed by atoms with Crippen molar-refractivity contribution in [1.82, 2.24) is 4.90 Å². The van der Waals surface area contributed by atoms with Gasteiger partial charge >= 0.3 is 0 Å². The van der Waals surface area contributed by atoms with E-state index in [4.69, 9.17) is 0 Å². The Labute approximate surface area is 176 Å². The first-order chi connectivity index (χ1) is 14.5. The van der Waals surface area contributed by atoms with Crippen LogP contribution in [-0.4, -0.2) is 45.4 Å². The van der Waals surface area contributed by atoms with Gasteiger partial charge in [-0.05, 0) is 48.5 Å². The molecule has 0 bridgehead atoms. The standard InChI is InChI=1S/C23H23N3O3S/c27-23(26-17-15-25(16-18-26)21-7-3-1-4-8-21)19-11-13-20(14-12-19)24-30(28,29)22-9-5-2-6-10-22/h1-14,24H,15-18H2. The van der Waals surface area contributed by atoms with Crippen LogP contribution in [0.3, 0.4) is 0 Å². The lowest BCUT2D eigenvalue weighted by molar-refractivity contribution is 0.0747. The predicted molar refractivity (Wildman–Crippen MR) is 118 cm³/mol. The lowest BCUT2D eigenvalue weighted by Gasteiger charge is -2.36. The van der Waals surface area contributed by atoms with E-state index in [-0.39, 0.29) is 10.8 Å². The zero-order valence-corrected chi connectivity index (χ0v) is 17.3. The van der Waals surface area contributed by atoms with Crippen LogP contribution < -0.4 is 9.62 Å². The molecule has 30 heavy (non-hydrogen) atoms. The highest BCUT2D eigenvalue weighted by Crippen LogP contribution is 2.19. The zero-order valence-electron chi connectivity index (χ0n) is 16.4. The first-order valence-corrected chi connectivity index (χ1v) is 11.3. The summed E-state index contributed by atoms with van der Waals surface area (Å²) in [6, 6.07) is 24.9. The van der Waals surface area contributed by atoms with E-state index in [1.807, 2.05) is 23.1 Å². The van der Waals surface area contributed by atoms with Gasteiger partial charge in [-0.3, -0.25) is 9.52 Å². The topological polar surface area (TPSA) is 69.7 Å². The normalized spacial score (nSPS) is 14.4. The van der Waals surface area contributed by atoms with Gasteiger partial charge in [-0.15, -0.1) is 0 Å². The third-order valence-corrected chi connectivity index (χ3v) is 6.52. The number of para-hydroxylation sites is 1. The van der Waals surface area contributed by atoms with Crippen molar-refractivity contribution in [2.45, 2.75) is 4.90 Å². The van der Waals surface area contributed by atoms with Gasteiger partial charge in [-0.1, -0.05) is 36.4 Å². The van der Waals surface area contributed by atoms with Crippen molar-refractivity contribution in [3.63, 3.8) is 0 Å². The second-order valence-corrected chi connectivity index (χ2v) is 8.79. The van der Waals surface area contributed by atoms with Gasteiger partial charge in [0.2, 0.25) is 0 Å². The van der Waals surface area contributed by atoms with Gasteiger partial charge in [0.15, 0.2) is 0 Å². The fraction of sp³-hybridized carbons (Fsp3) is 0.174. The van der Waals surface area contributed by atoms with Crippen LogP contribution in [-0.2, 0) is 10.0 Å². The molecule has 0 aromatic heterocycles. The van der Waals surface area contributed by atoms with Gasteiger partial charge in [0.25, 0.3) is 15.9 Å². The van der Waals surface area contributed by atoms with Crippen LogP contribution in [0.5, 0.6) is 0 Å². The number of carbonyl (C=O) groups excluding carboxylic acids is 1. The molecule has 1 heterocycles. The molecule has 3 aromatic carbocycles. The Morgan fingerprint density at radius 2 is 1.30 bits per heavy atom. The zero-order chi connectivity index (χ0) is 21.0. The minimum Gasteiger partial charge on any atom is -0.368 e. The highest BCUT2D eigenvalue weighted by Gasteiger charge is 2.22. The van der Waals surface area contributed by atoms with Crippen molar-refractivity contribution in [2.75, 3.05) is 35.8 Å². The number of nitrogens with one attached hydrogen (secondary N) is 1. The van der Waals surface area contributed by atoms with Gasteiger partial charge in [0, 0.05) is 43.1 Å². The average Bonchev–Trinajstić information content (AvgIpc) is 2.80. The largest absolute Gasteiger partial charge is 0.368 e. The van der Waals surface area contributed by atoms with Crippen LogP contribution in [0.4, 0.5) is 11.4 Å². The molecular weight excluding hydrogens is 398 g/mol. The third kappa shape index (κ3) is 4.46. The molecule has 1 N–H and O–H groups in total. The third-order valence-electron chi connectivity index (χ3n) is 5.13. The molecule has 6 nitrogen and oxygen atoms in total. The summed E-state index contributed by atoms with van der Waals surface area (Å²) in [7, 11) is -3.65. The number of benzene rings is 3. The summed E-state index contributed by atoms with van der Waals surface area (Å²) in [5.74, 6) is -0.0415. The molecule has 1 amide bonds. The molecule has 0 aliphatic carbocycles. The van der Waals surface area contributed by atoms with E-state index in [9.17, 15) is 13.2 Å². The number of hydrogen-bond acceptors (Lipinski definition) is 4. The molecular formula is C23H23N3O3S. The Kier molecular flexibility index (Phi) is 5.72. The molecule has 3 aromatic rings. The number of hydrogen-bond donors (Lipinski definition) is 1. The molecule has 154 valence electrons. The highest BCUT2D eigenvalue weighted by atomic mass is 32.2. The highest BCUT2D eigenvalue weighted by molar-refractivity contribution is 7.92. The van der Waals surface area contributed by atoms with E-state index >= 15 is 0 Å². The number of nitrogens with zero attached hydrogens (tertiary/aromatic N) is 2. The molecule has 0 radical (unpaired) electrons. The molecule has 0 spiro atoms. The second kappa shape index (κ2) is 8.59. The van der Waals surface area contributed by atoms with E-state index < -0.39 is 10.0 Å². The maximum absolute atomic E-state index is 12.8. The molecule has 0 atom stereocenters. The van der Waals surface area contributed by atoms with Crippen molar-refractivity contribution in [3.8, 4) is 0 Å². The van der Waals surface area contributed by atoms with Crippen molar-refractivity contribution in [3.05, 3.63) is 90.5 Å². The Bertz CT molecular complexity index is 1090. The Hall–Kier alpha value is -3.32. The van der Waals surface area contributed by atoms with Gasteiger partial charge in [-0.2, -0.15) is 0 Å². The Morgan fingerprint density at radius 1 is 0.733 bits per heavy atom. The average molecular weight is 422 g/mol. The quantitative estimate of drug-likeness (QED) is 0.685. The number of rotatable bonds is 5. The number of piperazine rings is 1. The molecule has 1 aliphatic heterocycles. The number of anilines is 2. The van der Waals surface area contributed by atoms with E-state index in [0.717, 1.165) is 13.1 Å². The van der Waals surface area contributed by atoms with Crippen molar-refractivity contribution in [1.29, 1.82) is 0 Å². The number of carbonyl (C=O) groups is 1. The van der Waals surface area contributed by atoms with Gasteiger partial charge in [0.05, 0.1) is 4.90 Å². The summed E-state index contributed by atoms with van der Waals surface area (Å²) in [6.07, 6.45) is 0. The van der Waals surface area contributed by atoms with Crippen LogP contribution in [0.1, 0.15) is 10.4 Å². The molecule has 1 saturated heterocycles. The van der Waals surface area contributed by atoms with Crippen LogP contribution >= 0.6 is 0 Å². The SMILES string of the molecule is O=C(c1ccc(NS(=O)(=O)c2ccccc2)cc1)N1CCN(c2ccccc2)CC1. The summed E-state index contributed by atoms with van der Waals surface area (Å²) in [4.78, 5) is 17.1. The van der Waals surface area contributed by atoms with Gasteiger partial charge in [0.1, 0.15) is 0 Å². The molecule has 0 saturated carbocycles. The summed E-state index contributed by atoms with van der Waals surface area (Å²) in [6.45, 7) is 2.86. The minimum absolute atomic E-state index is 0.0415. The predicted octanol–water partition coefficient (Wildman–Crippen LogP) is 3.45. The second-order valence-electron chi connectivity index (χ2n) is 7.11. The molecule has 4 rings (SSSR count). The molecule has 7 heteroatoms. The van der Waals surface area contributed by atoms with E-state index in [0.29, 0.717) is 24.3 Å². The fourth-order valence-electron chi connectivity index (χ4n) is 3.48. The number of sulfonamides is 1. The van der Waals surface area contributed by atoms with Crippen LogP contribution in [0.15, 0.2) is 89.8 Å². The van der Waals surface area contributed by atoms with Gasteiger partial charge < -0.3 is 9.80 Å². The van der Waals surface area contributed by atoms with Crippen molar-refractivity contribution in [2.24, 2.45) is 0 Å². The Morgan fingerprint density at radius 3 is 1.90 bits per heavy atom. The lowest BCUT2D eigenvalue weighted by Crippen LogP contribution is -2.48. The summed E-state index contributed by atoms with van der Waals surface area (Å²) in [5.41, 5.74) is 2.13. The maximum Gasteiger partial charge on any atom is 0.261 e. The van der Waals surface area contributed by atoms with Crippen LogP contribution in [0.25, 0.3) is 0 Å². The van der Waals surface area contributed by atoms with E-state index in [1.165, 1.54) is 17.8 Å². The monoisotopic (exact) mass is 421 g/mol. The molecule has 1 aliphatic rings. The minimum atomic E-state index is -3.65. The fourth-order valence-corrected chi connectivity index (χ4v) is 4.56. The first kappa shape index (κ1) is 20.0.